The highest BCUT2D eigenvalue weighted by atomic mass is 32.2. The third kappa shape index (κ3) is 5.96. The minimum atomic E-state index is -0.715. The summed E-state index contributed by atoms with van der Waals surface area (Å²) in [6, 6.07) is 17.9. The number of rotatable bonds is 9. The number of carbonyl (C=O) groups excluding carboxylic acids is 3. The maximum absolute atomic E-state index is 13.6. The van der Waals surface area contributed by atoms with Crippen molar-refractivity contribution in [1.82, 2.24) is 10.2 Å². The van der Waals surface area contributed by atoms with Gasteiger partial charge in [0.05, 0.1) is 23.7 Å². The fraction of sp³-hybridized carbons (Fsp3) is 0.276. The first-order chi connectivity index (χ1) is 18.9. The Morgan fingerprint density at radius 2 is 1.97 bits per heavy atom. The Hall–Kier alpha value is -4.18. The highest BCUT2D eigenvalue weighted by Gasteiger charge is 2.42. The second-order valence-corrected chi connectivity index (χ2v) is 10.5. The zero-order valence-corrected chi connectivity index (χ0v) is 22.5. The van der Waals surface area contributed by atoms with Gasteiger partial charge in [-0.15, -0.1) is 0 Å². The van der Waals surface area contributed by atoms with E-state index in [1.165, 1.54) is 16.7 Å². The van der Waals surface area contributed by atoms with Gasteiger partial charge in [0.1, 0.15) is 17.6 Å². The van der Waals surface area contributed by atoms with Crippen LogP contribution >= 0.6 is 11.8 Å². The molecule has 200 valence electrons. The first-order valence-corrected chi connectivity index (χ1v) is 13.7. The van der Waals surface area contributed by atoms with Crippen molar-refractivity contribution in [3.05, 3.63) is 83.8 Å². The minimum Gasteiger partial charge on any atom is -0.467 e. The van der Waals surface area contributed by atoms with Crippen LogP contribution in [0.5, 0.6) is 0 Å². The number of nitrogens with one attached hydrogen (secondary N) is 2. The summed E-state index contributed by atoms with van der Waals surface area (Å²) in [7, 11) is 0. The number of amidine groups is 2. The van der Waals surface area contributed by atoms with Crippen molar-refractivity contribution in [3.63, 3.8) is 0 Å². The summed E-state index contributed by atoms with van der Waals surface area (Å²) in [5.74, 6) is 0.557. The number of benzene rings is 2. The summed E-state index contributed by atoms with van der Waals surface area (Å²) < 4.78 is 5.24. The van der Waals surface area contributed by atoms with Crippen LogP contribution in [0, 0.1) is 6.92 Å². The fourth-order valence-corrected chi connectivity index (χ4v) is 5.44. The number of amides is 3. The topological polar surface area (TPSA) is 116 Å². The van der Waals surface area contributed by atoms with Gasteiger partial charge in [0.2, 0.25) is 11.8 Å². The number of aryl methyl sites for hydroxylation is 1. The van der Waals surface area contributed by atoms with Crippen LogP contribution in [0.3, 0.4) is 0 Å². The number of furan rings is 1. The van der Waals surface area contributed by atoms with E-state index in [9.17, 15) is 14.4 Å². The third-order valence-corrected chi connectivity index (χ3v) is 7.75. The van der Waals surface area contributed by atoms with Crippen molar-refractivity contribution < 1.29 is 18.8 Å². The Labute approximate surface area is 230 Å². The van der Waals surface area contributed by atoms with Gasteiger partial charge in [0.15, 0.2) is 5.17 Å². The highest BCUT2D eigenvalue weighted by Crippen LogP contribution is 2.36. The molecule has 2 aliphatic rings. The first kappa shape index (κ1) is 26.4. The molecule has 0 aliphatic carbocycles. The summed E-state index contributed by atoms with van der Waals surface area (Å²) in [5, 5.41) is 5.71. The monoisotopic (exact) mass is 543 g/mol. The molecule has 3 amide bonds. The number of hydrogen-bond acceptors (Lipinski definition) is 7. The number of anilines is 1. The van der Waals surface area contributed by atoms with Gasteiger partial charge >= 0.3 is 0 Å². The van der Waals surface area contributed by atoms with E-state index in [0.29, 0.717) is 28.9 Å². The Morgan fingerprint density at radius 1 is 1.13 bits per heavy atom. The number of hydrogen-bond donors (Lipinski definition) is 2. The molecule has 2 atom stereocenters. The van der Waals surface area contributed by atoms with Crippen LogP contribution in [0.15, 0.2) is 81.3 Å². The molecule has 0 saturated carbocycles. The average molecular weight is 544 g/mol. The van der Waals surface area contributed by atoms with Gasteiger partial charge in [-0.25, -0.2) is 9.89 Å². The molecule has 0 radical (unpaired) electrons. The van der Waals surface area contributed by atoms with E-state index >= 15 is 0 Å². The second kappa shape index (κ2) is 11.7. The van der Waals surface area contributed by atoms with E-state index in [0.717, 1.165) is 16.8 Å². The van der Waals surface area contributed by atoms with E-state index in [1.807, 2.05) is 62.4 Å². The van der Waals surface area contributed by atoms with Crippen molar-refractivity contribution in [2.45, 2.75) is 50.9 Å². The van der Waals surface area contributed by atoms with Crippen LogP contribution in [0.2, 0.25) is 0 Å². The molecule has 0 fully saturated rings. The minimum absolute atomic E-state index is 0.138. The molecule has 1 aromatic heterocycles. The first-order valence-electron chi connectivity index (χ1n) is 12.9. The van der Waals surface area contributed by atoms with E-state index in [-0.39, 0.29) is 37.1 Å². The Kier molecular flexibility index (Phi) is 7.92. The number of fused-ring (bicyclic) bond motifs is 3. The maximum Gasteiger partial charge on any atom is 0.259 e. The van der Waals surface area contributed by atoms with E-state index in [1.54, 1.807) is 18.4 Å². The highest BCUT2D eigenvalue weighted by molar-refractivity contribution is 8.15. The maximum atomic E-state index is 13.6. The van der Waals surface area contributed by atoms with Crippen LogP contribution in [0.1, 0.15) is 43.1 Å². The molecule has 2 aromatic carbocycles. The summed E-state index contributed by atoms with van der Waals surface area (Å²) in [6.07, 6.45) is 2.49. The van der Waals surface area contributed by atoms with E-state index in [4.69, 9.17) is 14.4 Å². The van der Waals surface area contributed by atoms with E-state index in [2.05, 4.69) is 10.6 Å². The standard InChI is InChI=1S/C29H29N5O4S/c1-3-24(27(36)31-19-9-6-8-18(2)16-19)39-29-33-22-12-5-4-11-21(22)26-32-23(28(37)34(26)29)13-14-25(35)30-17-20-10-7-15-38-20/h4-12,15-16,23-24H,3,13-14,17H2,1-2H3,(H,30,35)(H,31,36). The predicted molar refractivity (Wildman–Crippen MR) is 152 cm³/mol. The van der Waals surface area contributed by atoms with Crippen LogP contribution in [-0.4, -0.2) is 44.9 Å². The molecule has 0 spiro atoms. The zero-order valence-electron chi connectivity index (χ0n) is 21.7. The number of para-hydroxylation sites is 1. The molecule has 2 unspecified atom stereocenters. The lowest BCUT2D eigenvalue weighted by Gasteiger charge is -2.27. The lowest BCUT2D eigenvalue weighted by molar-refractivity contribution is -0.125. The fourth-order valence-electron chi connectivity index (χ4n) is 4.42. The molecule has 3 heterocycles. The molecule has 3 aromatic rings. The average Bonchev–Trinajstić information content (AvgIpc) is 3.57. The normalized spacial score (nSPS) is 16.6. The summed E-state index contributed by atoms with van der Waals surface area (Å²) in [6.45, 7) is 4.18. The molecule has 0 bridgehead atoms. The number of thioether (sulfide) groups is 1. The third-order valence-electron chi connectivity index (χ3n) is 6.43. The second-order valence-electron chi connectivity index (χ2n) is 9.32. The Balaban J connectivity index is 1.31. The van der Waals surface area contributed by atoms with Gasteiger partial charge in [0, 0.05) is 17.7 Å². The van der Waals surface area contributed by atoms with Crippen LogP contribution in [0.25, 0.3) is 0 Å². The zero-order chi connectivity index (χ0) is 27.4. The smallest absolute Gasteiger partial charge is 0.259 e. The van der Waals surface area contributed by atoms with Crippen molar-refractivity contribution in [2.24, 2.45) is 9.98 Å². The van der Waals surface area contributed by atoms with Crippen molar-refractivity contribution >= 4 is 51.9 Å². The predicted octanol–water partition coefficient (Wildman–Crippen LogP) is 4.79. The van der Waals surface area contributed by atoms with Gasteiger partial charge in [0.25, 0.3) is 5.91 Å². The van der Waals surface area contributed by atoms with Crippen molar-refractivity contribution in [1.29, 1.82) is 0 Å². The number of nitrogens with zero attached hydrogens (tertiary/aromatic N) is 3. The molecule has 5 rings (SSSR count). The molecule has 10 heteroatoms. The summed E-state index contributed by atoms with van der Waals surface area (Å²) in [4.78, 5) is 50.1. The number of aliphatic imine (C=N–C) groups is 2. The van der Waals surface area contributed by atoms with Gasteiger partial charge in [-0.05, 0) is 61.7 Å². The quantitative estimate of drug-likeness (QED) is 0.402. The van der Waals surface area contributed by atoms with E-state index < -0.39 is 11.3 Å². The van der Waals surface area contributed by atoms with Crippen LogP contribution < -0.4 is 10.6 Å². The molecule has 2 N–H and O–H groups in total. The van der Waals surface area contributed by atoms with Gasteiger partial charge in [-0.1, -0.05) is 43.0 Å². The molecule has 39 heavy (non-hydrogen) atoms. The SMILES string of the molecule is CCC(SC1=Nc2ccccc2C2=NC(CCC(=O)NCc3ccco3)C(=O)N12)C(=O)Nc1cccc(C)c1. The molecular formula is C29H29N5O4S. The lowest BCUT2D eigenvalue weighted by atomic mass is 10.1. The summed E-state index contributed by atoms with van der Waals surface area (Å²) >= 11 is 1.25. The molecule has 9 nitrogen and oxygen atoms in total. The van der Waals surface area contributed by atoms with Gasteiger partial charge in [-0.3, -0.25) is 19.4 Å². The Bertz CT molecular complexity index is 1450. The van der Waals surface area contributed by atoms with Crippen LogP contribution in [-0.2, 0) is 20.9 Å². The van der Waals surface area contributed by atoms with Gasteiger partial charge < -0.3 is 15.1 Å². The summed E-state index contributed by atoms with van der Waals surface area (Å²) in [5.41, 5.74) is 3.21. The van der Waals surface area contributed by atoms with Gasteiger partial charge in [-0.2, -0.15) is 0 Å². The van der Waals surface area contributed by atoms with Crippen molar-refractivity contribution in [3.8, 4) is 0 Å². The Morgan fingerprint density at radius 3 is 2.74 bits per heavy atom. The molecular weight excluding hydrogens is 514 g/mol. The molecule has 2 aliphatic heterocycles. The van der Waals surface area contributed by atoms with Crippen molar-refractivity contribution in [2.75, 3.05) is 5.32 Å². The van der Waals surface area contributed by atoms with Crippen LogP contribution in [0.4, 0.5) is 11.4 Å². The largest absolute Gasteiger partial charge is 0.467 e. The lowest BCUT2D eigenvalue weighted by Crippen LogP contribution is -2.42. The number of carbonyl (C=O) groups is 3. The molecule has 0 saturated heterocycles.